The van der Waals surface area contributed by atoms with Gasteiger partial charge in [-0.2, -0.15) is 0 Å². The lowest BCUT2D eigenvalue weighted by molar-refractivity contribution is -0.357. The van der Waals surface area contributed by atoms with Crippen LogP contribution in [-0.4, -0.2) is 19.2 Å². The van der Waals surface area contributed by atoms with Gasteiger partial charge in [0, 0.05) is 5.57 Å². The first kappa shape index (κ1) is 19.5. The summed E-state index contributed by atoms with van der Waals surface area (Å²) in [6.45, 7) is 4.07. The van der Waals surface area contributed by atoms with E-state index < -0.39 is 11.9 Å². The molecule has 3 rings (SSSR count). The molecule has 0 spiro atoms. The highest BCUT2D eigenvalue weighted by Crippen LogP contribution is 2.43. The van der Waals surface area contributed by atoms with Crippen molar-refractivity contribution in [2.75, 3.05) is 13.2 Å². The Morgan fingerprint density at radius 2 is 1.57 bits per heavy atom. The van der Waals surface area contributed by atoms with Gasteiger partial charge in [-0.1, -0.05) is 73.7 Å². The van der Waals surface area contributed by atoms with E-state index >= 15 is 0 Å². The van der Waals surface area contributed by atoms with Crippen LogP contribution in [0.2, 0.25) is 0 Å². The summed E-state index contributed by atoms with van der Waals surface area (Å²) in [7, 11) is 0. The Hall–Kier alpha value is -3.27. The molecule has 4 nitrogen and oxygen atoms in total. The van der Waals surface area contributed by atoms with Crippen molar-refractivity contribution < 1.29 is 19.4 Å². The molecule has 0 N–H and O–H groups in total. The summed E-state index contributed by atoms with van der Waals surface area (Å²) in [5, 5.41) is 12.9. The number of hydrogen-bond donors (Lipinski definition) is 0. The number of esters is 1. The molecule has 144 valence electrons. The zero-order chi connectivity index (χ0) is 19.9. The van der Waals surface area contributed by atoms with Gasteiger partial charge < -0.3 is 14.6 Å². The van der Waals surface area contributed by atoms with Gasteiger partial charge in [0.25, 0.3) is 0 Å². The second-order valence-electron chi connectivity index (χ2n) is 6.28. The molecule has 0 amide bonds. The molecule has 2 aromatic rings. The summed E-state index contributed by atoms with van der Waals surface area (Å²) in [6.07, 6.45) is 3.66. The van der Waals surface area contributed by atoms with Crippen molar-refractivity contribution in [3.05, 3.63) is 95.0 Å². The summed E-state index contributed by atoms with van der Waals surface area (Å²) in [5.74, 6) is -1.47. The maximum atomic E-state index is 12.9. The topological polar surface area (TPSA) is 58.6 Å². The van der Waals surface area contributed by atoms with Crippen molar-refractivity contribution in [1.82, 2.24) is 0 Å². The third-order valence-electron chi connectivity index (χ3n) is 4.45. The molecule has 0 saturated carbocycles. The standard InChI is InChI=1S/C24H24O4/c1-3-27-23(25)21-16-19(18-13-9-6-10-14-18)22(24(26)28-4-2)20(21)15-17-11-7-5-8-12-17/h5-16,21,26H,3-4H2,1-2H3/p-1/b20-15+,24-22-. The van der Waals surface area contributed by atoms with E-state index in [9.17, 15) is 9.90 Å². The number of ether oxygens (including phenoxy) is 2. The first-order valence-corrected chi connectivity index (χ1v) is 9.41. The molecular formula is C24H23O4-. The molecule has 1 atom stereocenters. The SMILES string of the molecule is CCOC(=O)C1C=C(c2ccccc2)C(=C(\[O-])OCC)/C1=C/c1ccccc1. The van der Waals surface area contributed by atoms with Gasteiger partial charge in [0.1, 0.15) is 5.92 Å². The Kier molecular flexibility index (Phi) is 6.33. The average Bonchev–Trinajstić information content (AvgIpc) is 3.09. The van der Waals surface area contributed by atoms with E-state index in [4.69, 9.17) is 9.47 Å². The van der Waals surface area contributed by atoms with E-state index in [-0.39, 0.29) is 19.2 Å². The smallest absolute Gasteiger partial charge is 0.317 e. The van der Waals surface area contributed by atoms with E-state index in [0.29, 0.717) is 16.7 Å². The zero-order valence-corrected chi connectivity index (χ0v) is 16.1. The van der Waals surface area contributed by atoms with Crippen molar-refractivity contribution in [3.8, 4) is 0 Å². The normalized spacial score (nSPS) is 19.3. The number of carbonyl (C=O) groups excluding carboxylic acids is 1. The minimum absolute atomic E-state index is 0.257. The van der Waals surface area contributed by atoms with Crippen LogP contribution in [-0.2, 0) is 14.3 Å². The first-order chi connectivity index (χ1) is 13.7. The van der Waals surface area contributed by atoms with Gasteiger partial charge in [-0.15, -0.1) is 0 Å². The number of benzene rings is 2. The van der Waals surface area contributed by atoms with Crippen LogP contribution in [0.3, 0.4) is 0 Å². The zero-order valence-electron chi connectivity index (χ0n) is 16.1. The van der Waals surface area contributed by atoms with Crippen LogP contribution in [0.4, 0.5) is 0 Å². The van der Waals surface area contributed by atoms with E-state index in [2.05, 4.69) is 0 Å². The van der Waals surface area contributed by atoms with Gasteiger partial charge in [0.15, 0.2) is 0 Å². The first-order valence-electron chi connectivity index (χ1n) is 9.41. The van der Waals surface area contributed by atoms with Crippen LogP contribution >= 0.6 is 0 Å². The number of carbonyl (C=O) groups is 1. The third-order valence-corrected chi connectivity index (χ3v) is 4.45. The minimum Gasteiger partial charge on any atom is -0.613 e. The lowest BCUT2D eigenvalue weighted by Gasteiger charge is -2.21. The Balaban J connectivity index is 2.19. The highest BCUT2D eigenvalue weighted by Gasteiger charge is 2.34. The van der Waals surface area contributed by atoms with E-state index in [0.717, 1.165) is 11.1 Å². The molecule has 0 heterocycles. The largest absolute Gasteiger partial charge is 0.613 e. The molecular weight excluding hydrogens is 352 g/mol. The maximum Gasteiger partial charge on any atom is 0.317 e. The number of rotatable bonds is 6. The second-order valence-corrected chi connectivity index (χ2v) is 6.28. The summed E-state index contributed by atoms with van der Waals surface area (Å²) in [6, 6.07) is 19.1. The molecule has 0 bridgehead atoms. The molecule has 28 heavy (non-hydrogen) atoms. The molecule has 2 aromatic carbocycles. The van der Waals surface area contributed by atoms with Crippen LogP contribution in [0.5, 0.6) is 0 Å². The minimum atomic E-state index is -0.658. The lowest BCUT2D eigenvalue weighted by atomic mass is 9.94. The van der Waals surface area contributed by atoms with Gasteiger partial charge in [-0.25, -0.2) is 0 Å². The molecule has 0 radical (unpaired) electrons. The predicted molar refractivity (Wildman–Crippen MR) is 108 cm³/mol. The van der Waals surface area contributed by atoms with Crippen LogP contribution in [0.15, 0.2) is 83.8 Å². The summed E-state index contributed by atoms with van der Waals surface area (Å²) in [5.41, 5.74) is 3.46. The third kappa shape index (κ3) is 4.17. The van der Waals surface area contributed by atoms with Gasteiger partial charge in [0.2, 0.25) is 0 Å². The molecule has 0 aliphatic heterocycles. The fraction of sp³-hybridized carbons (Fsp3) is 0.208. The van der Waals surface area contributed by atoms with Crippen molar-refractivity contribution in [3.63, 3.8) is 0 Å². The predicted octanol–water partition coefficient (Wildman–Crippen LogP) is 3.95. The molecule has 0 fully saturated rings. The van der Waals surface area contributed by atoms with Crippen LogP contribution in [0.1, 0.15) is 25.0 Å². The summed E-state index contributed by atoms with van der Waals surface area (Å²) in [4.78, 5) is 12.7. The van der Waals surface area contributed by atoms with E-state index in [1.54, 1.807) is 19.9 Å². The van der Waals surface area contributed by atoms with Gasteiger partial charge in [0.05, 0.1) is 12.6 Å². The Morgan fingerprint density at radius 3 is 2.18 bits per heavy atom. The van der Waals surface area contributed by atoms with E-state index in [1.807, 2.05) is 66.7 Å². The van der Waals surface area contributed by atoms with Crippen LogP contribution < -0.4 is 5.11 Å². The lowest BCUT2D eigenvalue weighted by Crippen LogP contribution is -2.18. The van der Waals surface area contributed by atoms with Crippen molar-refractivity contribution in [1.29, 1.82) is 0 Å². The van der Waals surface area contributed by atoms with Crippen LogP contribution in [0, 0.1) is 5.92 Å². The second kappa shape index (κ2) is 9.09. The molecule has 4 heteroatoms. The van der Waals surface area contributed by atoms with Gasteiger partial charge in [-0.3, -0.25) is 4.79 Å². The van der Waals surface area contributed by atoms with Crippen molar-refractivity contribution in [2.24, 2.45) is 5.92 Å². The highest BCUT2D eigenvalue weighted by atomic mass is 16.6. The molecule has 1 aliphatic rings. The van der Waals surface area contributed by atoms with E-state index in [1.165, 1.54) is 0 Å². The quantitative estimate of drug-likeness (QED) is 0.567. The Bertz CT molecular complexity index is 908. The maximum absolute atomic E-state index is 12.9. The fourth-order valence-electron chi connectivity index (χ4n) is 3.26. The molecule has 0 aromatic heterocycles. The number of allylic oxidation sites excluding steroid dienone is 2. The van der Waals surface area contributed by atoms with Gasteiger partial charge in [-0.05, 0) is 41.9 Å². The highest BCUT2D eigenvalue weighted by molar-refractivity contribution is 5.98. The molecule has 1 aliphatic carbocycles. The summed E-state index contributed by atoms with van der Waals surface area (Å²) >= 11 is 0. The Morgan fingerprint density at radius 1 is 0.964 bits per heavy atom. The fourth-order valence-corrected chi connectivity index (χ4v) is 3.26. The van der Waals surface area contributed by atoms with Crippen LogP contribution in [0.25, 0.3) is 11.6 Å². The van der Waals surface area contributed by atoms with Crippen molar-refractivity contribution >= 4 is 17.6 Å². The average molecular weight is 375 g/mol. The molecule has 0 saturated heterocycles. The monoisotopic (exact) mass is 375 g/mol. The van der Waals surface area contributed by atoms with Crippen molar-refractivity contribution in [2.45, 2.75) is 13.8 Å². The molecule has 1 unspecified atom stereocenters. The Labute approximate surface area is 165 Å². The van der Waals surface area contributed by atoms with Gasteiger partial charge >= 0.3 is 5.97 Å². The number of hydrogen-bond acceptors (Lipinski definition) is 4. The summed E-state index contributed by atoms with van der Waals surface area (Å²) < 4.78 is 10.6.